The van der Waals surface area contributed by atoms with Crippen LogP contribution in [0.15, 0.2) is 24.3 Å². The monoisotopic (exact) mass is 247 g/mol. The van der Waals surface area contributed by atoms with E-state index in [0.717, 1.165) is 25.6 Å². The molecule has 0 aromatic heterocycles. The molecule has 1 saturated carbocycles. The van der Waals surface area contributed by atoms with Gasteiger partial charge < -0.3 is 10.1 Å². The van der Waals surface area contributed by atoms with Crippen LogP contribution in [0.25, 0.3) is 0 Å². The van der Waals surface area contributed by atoms with Crippen molar-refractivity contribution in [2.24, 2.45) is 5.92 Å². The number of nitrogens with one attached hydrogen (secondary N) is 1. The van der Waals surface area contributed by atoms with E-state index >= 15 is 0 Å². The molecule has 0 radical (unpaired) electrons. The van der Waals surface area contributed by atoms with Crippen LogP contribution in [0.4, 0.5) is 0 Å². The molecule has 1 unspecified atom stereocenters. The number of ether oxygens (including phenoxy) is 1. The van der Waals surface area contributed by atoms with Gasteiger partial charge in [-0.1, -0.05) is 44.0 Å². The SMILES string of the molecule is CCNCC(OCCC1CC1)c1ccccc1C. The first-order valence-electron chi connectivity index (χ1n) is 7.19. The zero-order valence-electron chi connectivity index (χ0n) is 11.6. The smallest absolute Gasteiger partial charge is 0.0951 e. The van der Waals surface area contributed by atoms with Crippen molar-refractivity contribution in [1.82, 2.24) is 5.32 Å². The van der Waals surface area contributed by atoms with E-state index in [-0.39, 0.29) is 6.10 Å². The Morgan fingerprint density at radius 3 is 2.78 bits per heavy atom. The van der Waals surface area contributed by atoms with Crippen LogP contribution in [0.5, 0.6) is 0 Å². The van der Waals surface area contributed by atoms with Gasteiger partial charge in [0.2, 0.25) is 0 Å². The Morgan fingerprint density at radius 1 is 1.33 bits per heavy atom. The van der Waals surface area contributed by atoms with Crippen molar-refractivity contribution in [3.8, 4) is 0 Å². The Balaban J connectivity index is 1.91. The fraction of sp³-hybridized carbons (Fsp3) is 0.625. The molecule has 1 aromatic carbocycles. The third kappa shape index (κ3) is 4.11. The van der Waals surface area contributed by atoms with Crippen LogP contribution < -0.4 is 5.32 Å². The van der Waals surface area contributed by atoms with Crippen LogP contribution in [-0.2, 0) is 4.74 Å². The van der Waals surface area contributed by atoms with E-state index in [1.54, 1.807) is 0 Å². The molecule has 0 saturated heterocycles. The first kappa shape index (κ1) is 13.6. The lowest BCUT2D eigenvalue weighted by Crippen LogP contribution is -2.24. The number of hydrogen-bond donors (Lipinski definition) is 1. The van der Waals surface area contributed by atoms with Gasteiger partial charge in [-0.15, -0.1) is 0 Å². The van der Waals surface area contributed by atoms with Crippen LogP contribution in [-0.4, -0.2) is 19.7 Å². The molecule has 2 nitrogen and oxygen atoms in total. The van der Waals surface area contributed by atoms with Gasteiger partial charge in [0.25, 0.3) is 0 Å². The van der Waals surface area contributed by atoms with Gasteiger partial charge in [-0.2, -0.15) is 0 Å². The molecule has 100 valence electrons. The molecule has 1 aliphatic carbocycles. The summed E-state index contributed by atoms with van der Waals surface area (Å²) in [5.74, 6) is 0.946. The minimum Gasteiger partial charge on any atom is -0.372 e. The second-order valence-corrected chi connectivity index (χ2v) is 5.26. The zero-order chi connectivity index (χ0) is 12.8. The quantitative estimate of drug-likeness (QED) is 0.759. The topological polar surface area (TPSA) is 21.3 Å². The summed E-state index contributed by atoms with van der Waals surface area (Å²) in [5.41, 5.74) is 2.65. The largest absolute Gasteiger partial charge is 0.372 e. The fourth-order valence-corrected chi connectivity index (χ4v) is 2.27. The minimum absolute atomic E-state index is 0.199. The predicted octanol–water partition coefficient (Wildman–Crippen LogP) is 3.46. The van der Waals surface area contributed by atoms with Crippen LogP contribution in [0.1, 0.15) is 43.4 Å². The maximum absolute atomic E-state index is 6.10. The maximum atomic E-state index is 6.10. The highest BCUT2D eigenvalue weighted by Crippen LogP contribution is 2.33. The summed E-state index contributed by atoms with van der Waals surface area (Å²) in [6.07, 6.45) is 4.25. The molecule has 1 aliphatic rings. The Hall–Kier alpha value is -0.860. The molecule has 1 aromatic rings. The van der Waals surface area contributed by atoms with Crippen molar-refractivity contribution < 1.29 is 4.74 Å². The van der Waals surface area contributed by atoms with Crippen molar-refractivity contribution in [2.75, 3.05) is 19.7 Å². The normalized spacial score (nSPS) is 16.8. The summed E-state index contributed by atoms with van der Waals surface area (Å²) < 4.78 is 6.10. The summed E-state index contributed by atoms with van der Waals surface area (Å²) in [5, 5.41) is 3.40. The van der Waals surface area contributed by atoms with Crippen LogP contribution >= 0.6 is 0 Å². The number of likely N-dealkylation sites (N-methyl/N-ethyl adjacent to an activating group) is 1. The Kier molecular flexibility index (Phi) is 5.21. The summed E-state index contributed by atoms with van der Waals surface area (Å²) >= 11 is 0. The lowest BCUT2D eigenvalue weighted by molar-refractivity contribution is 0.0485. The number of benzene rings is 1. The van der Waals surface area contributed by atoms with Gasteiger partial charge in [0.15, 0.2) is 0 Å². The van der Waals surface area contributed by atoms with E-state index in [9.17, 15) is 0 Å². The van der Waals surface area contributed by atoms with Gasteiger partial charge in [0.1, 0.15) is 0 Å². The number of aryl methyl sites for hydroxylation is 1. The van der Waals surface area contributed by atoms with E-state index in [2.05, 4.69) is 43.4 Å². The molecule has 0 bridgehead atoms. The molecule has 18 heavy (non-hydrogen) atoms. The van der Waals surface area contributed by atoms with E-state index in [1.807, 2.05) is 0 Å². The van der Waals surface area contributed by atoms with E-state index < -0.39 is 0 Å². The van der Waals surface area contributed by atoms with Gasteiger partial charge >= 0.3 is 0 Å². The maximum Gasteiger partial charge on any atom is 0.0951 e. The summed E-state index contributed by atoms with van der Waals surface area (Å²) in [7, 11) is 0. The Bertz CT molecular complexity index is 360. The predicted molar refractivity (Wildman–Crippen MR) is 75.8 cm³/mol. The standard InChI is InChI=1S/C16H25NO/c1-3-17-12-16(18-11-10-14-8-9-14)15-7-5-4-6-13(15)2/h4-7,14,16-17H,3,8-12H2,1-2H3. The Morgan fingerprint density at radius 2 is 2.11 bits per heavy atom. The van der Waals surface area contributed by atoms with Crippen molar-refractivity contribution in [3.05, 3.63) is 35.4 Å². The highest BCUT2D eigenvalue weighted by Gasteiger charge is 2.21. The number of rotatable bonds is 8. The highest BCUT2D eigenvalue weighted by atomic mass is 16.5. The van der Waals surface area contributed by atoms with Gasteiger partial charge in [-0.3, -0.25) is 0 Å². The molecule has 0 amide bonds. The van der Waals surface area contributed by atoms with Crippen LogP contribution in [0.3, 0.4) is 0 Å². The van der Waals surface area contributed by atoms with Crippen LogP contribution in [0, 0.1) is 12.8 Å². The summed E-state index contributed by atoms with van der Waals surface area (Å²) in [4.78, 5) is 0. The molecule has 1 atom stereocenters. The average molecular weight is 247 g/mol. The minimum atomic E-state index is 0.199. The second-order valence-electron chi connectivity index (χ2n) is 5.26. The van der Waals surface area contributed by atoms with E-state index in [1.165, 1.54) is 30.4 Å². The highest BCUT2D eigenvalue weighted by molar-refractivity contribution is 5.28. The second kappa shape index (κ2) is 6.91. The van der Waals surface area contributed by atoms with Crippen molar-refractivity contribution in [1.29, 1.82) is 0 Å². The fourth-order valence-electron chi connectivity index (χ4n) is 2.27. The molecule has 1 fully saturated rings. The molecule has 0 heterocycles. The van der Waals surface area contributed by atoms with Crippen molar-refractivity contribution in [3.63, 3.8) is 0 Å². The lowest BCUT2D eigenvalue weighted by atomic mass is 10.0. The third-order valence-electron chi connectivity index (χ3n) is 3.66. The first-order chi connectivity index (χ1) is 8.81. The van der Waals surface area contributed by atoms with Gasteiger partial charge in [0.05, 0.1) is 6.10 Å². The molecule has 0 spiro atoms. The van der Waals surface area contributed by atoms with Gasteiger partial charge in [0, 0.05) is 13.2 Å². The molecule has 2 rings (SSSR count). The zero-order valence-corrected chi connectivity index (χ0v) is 11.6. The van der Waals surface area contributed by atoms with Crippen molar-refractivity contribution >= 4 is 0 Å². The van der Waals surface area contributed by atoms with E-state index in [0.29, 0.717) is 0 Å². The number of hydrogen-bond acceptors (Lipinski definition) is 2. The van der Waals surface area contributed by atoms with Gasteiger partial charge in [-0.25, -0.2) is 0 Å². The average Bonchev–Trinajstić information content (AvgIpc) is 3.19. The van der Waals surface area contributed by atoms with Crippen molar-refractivity contribution in [2.45, 2.75) is 39.2 Å². The van der Waals surface area contributed by atoms with Gasteiger partial charge in [-0.05, 0) is 36.9 Å². The Labute approximate surface area is 111 Å². The molecule has 2 heteroatoms. The van der Waals surface area contributed by atoms with E-state index in [4.69, 9.17) is 4.74 Å². The molecule has 0 aliphatic heterocycles. The molecule has 1 N–H and O–H groups in total. The first-order valence-corrected chi connectivity index (χ1v) is 7.19. The van der Waals surface area contributed by atoms with Crippen LogP contribution in [0.2, 0.25) is 0 Å². The summed E-state index contributed by atoms with van der Waals surface area (Å²) in [6.45, 7) is 7.10. The third-order valence-corrected chi connectivity index (χ3v) is 3.66. The molecular formula is C16H25NO. The lowest BCUT2D eigenvalue weighted by Gasteiger charge is -2.20. The molecular weight excluding hydrogens is 222 g/mol. The summed E-state index contributed by atoms with van der Waals surface area (Å²) in [6, 6.07) is 8.55.